The van der Waals surface area contributed by atoms with Crippen LogP contribution in [0.25, 0.3) is 22.8 Å². The zero-order chi connectivity index (χ0) is 19.5. The first-order valence-electron chi connectivity index (χ1n) is 8.98. The first-order valence-corrected chi connectivity index (χ1v) is 9.36. The van der Waals surface area contributed by atoms with Crippen LogP contribution >= 0.6 is 11.6 Å². The highest BCUT2D eigenvalue weighted by Gasteiger charge is 2.30. The number of benzene rings is 2. The summed E-state index contributed by atoms with van der Waals surface area (Å²) in [5, 5.41) is 20.3. The fraction of sp³-hybridized carbons (Fsp3) is 0.250. The van der Waals surface area contributed by atoms with Crippen molar-refractivity contribution in [2.24, 2.45) is 0 Å². The minimum absolute atomic E-state index is 0.195. The van der Waals surface area contributed by atoms with Crippen LogP contribution in [0.1, 0.15) is 12.0 Å². The summed E-state index contributed by atoms with van der Waals surface area (Å²) in [6.07, 6.45) is -0.0365. The number of aromatic nitrogens is 2. The molecule has 0 spiro atoms. The summed E-state index contributed by atoms with van der Waals surface area (Å²) in [7, 11) is 0. The minimum Gasteiger partial charge on any atom is -0.391 e. The van der Waals surface area contributed by atoms with Gasteiger partial charge in [0.1, 0.15) is 6.04 Å². The lowest BCUT2D eigenvalue weighted by Gasteiger charge is -2.14. The molecule has 2 heterocycles. The lowest BCUT2D eigenvalue weighted by atomic mass is 10.1. The van der Waals surface area contributed by atoms with Crippen LogP contribution in [0.3, 0.4) is 0 Å². The van der Waals surface area contributed by atoms with Crippen molar-refractivity contribution in [3.05, 3.63) is 59.1 Å². The van der Waals surface area contributed by atoms with Crippen molar-refractivity contribution in [2.75, 3.05) is 6.54 Å². The number of carbonyl (C=O) groups is 1. The Labute approximate surface area is 166 Å². The van der Waals surface area contributed by atoms with Crippen LogP contribution in [0.5, 0.6) is 0 Å². The van der Waals surface area contributed by atoms with Crippen molar-refractivity contribution in [3.8, 4) is 22.8 Å². The second kappa shape index (κ2) is 8.10. The molecular weight excluding hydrogens is 380 g/mol. The quantitative estimate of drug-likeness (QED) is 0.610. The van der Waals surface area contributed by atoms with Crippen LogP contribution in [0.2, 0.25) is 5.02 Å². The number of amides is 1. The Bertz CT molecular complexity index is 956. The second-order valence-electron chi connectivity index (χ2n) is 6.63. The average molecular weight is 399 g/mol. The van der Waals surface area contributed by atoms with Crippen molar-refractivity contribution in [1.82, 2.24) is 20.8 Å². The Balaban J connectivity index is 1.39. The number of nitrogens with zero attached hydrogens (tertiary/aromatic N) is 2. The van der Waals surface area contributed by atoms with Gasteiger partial charge in [0.05, 0.1) is 6.10 Å². The van der Waals surface area contributed by atoms with E-state index in [0.717, 1.165) is 16.7 Å². The maximum Gasteiger partial charge on any atom is 0.258 e. The monoisotopic (exact) mass is 398 g/mol. The Kier molecular flexibility index (Phi) is 5.38. The number of aliphatic hydroxyl groups is 1. The van der Waals surface area contributed by atoms with E-state index in [1.54, 1.807) is 12.1 Å². The normalized spacial score (nSPS) is 18.9. The van der Waals surface area contributed by atoms with E-state index >= 15 is 0 Å². The molecule has 2 atom stereocenters. The van der Waals surface area contributed by atoms with Crippen molar-refractivity contribution >= 4 is 17.5 Å². The summed E-state index contributed by atoms with van der Waals surface area (Å²) in [4.78, 5) is 16.5. The minimum atomic E-state index is -0.629. The summed E-state index contributed by atoms with van der Waals surface area (Å²) >= 11 is 5.90. The molecule has 0 saturated carbocycles. The molecule has 1 saturated heterocycles. The van der Waals surface area contributed by atoms with E-state index in [1.807, 2.05) is 36.4 Å². The second-order valence-corrected chi connectivity index (χ2v) is 7.07. The van der Waals surface area contributed by atoms with Crippen LogP contribution in [-0.4, -0.2) is 39.8 Å². The molecule has 1 aromatic heterocycles. The van der Waals surface area contributed by atoms with E-state index in [0.29, 0.717) is 36.2 Å². The summed E-state index contributed by atoms with van der Waals surface area (Å²) in [5.74, 6) is 0.712. The first kappa shape index (κ1) is 18.6. The molecule has 1 aliphatic heterocycles. The molecule has 0 unspecified atom stereocenters. The topological polar surface area (TPSA) is 100 Å². The van der Waals surface area contributed by atoms with Gasteiger partial charge in [0.25, 0.3) is 5.89 Å². The zero-order valence-corrected chi connectivity index (χ0v) is 15.7. The van der Waals surface area contributed by atoms with E-state index in [1.165, 1.54) is 0 Å². The molecule has 3 aromatic rings. The third kappa shape index (κ3) is 4.06. The van der Waals surface area contributed by atoms with Gasteiger partial charge in [-0.05, 0) is 42.8 Å². The number of carbonyl (C=O) groups excluding carboxylic acids is 1. The molecular formula is C20H19ClN4O3. The Morgan fingerprint density at radius 2 is 1.89 bits per heavy atom. The van der Waals surface area contributed by atoms with Crippen molar-refractivity contribution in [3.63, 3.8) is 0 Å². The lowest BCUT2D eigenvalue weighted by molar-refractivity contribution is -0.124. The van der Waals surface area contributed by atoms with Gasteiger partial charge in [-0.15, -0.1) is 0 Å². The number of aliphatic hydroxyl groups excluding tert-OH is 1. The number of hydrogen-bond acceptors (Lipinski definition) is 6. The molecule has 8 heteroatoms. The highest BCUT2D eigenvalue weighted by atomic mass is 35.5. The molecule has 4 rings (SSSR count). The third-order valence-corrected chi connectivity index (χ3v) is 4.92. The fourth-order valence-electron chi connectivity index (χ4n) is 3.08. The molecule has 0 radical (unpaired) electrons. The molecule has 2 aromatic carbocycles. The van der Waals surface area contributed by atoms with Gasteiger partial charge in [-0.1, -0.05) is 41.0 Å². The molecule has 1 fully saturated rings. The smallest absolute Gasteiger partial charge is 0.258 e. The van der Waals surface area contributed by atoms with E-state index in [9.17, 15) is 9.90 Å². The Hall–Kier alpha value is -2.74. The maximum atomic E-state index is 12.1. The molecule has 1 amide bonds. The van der Waals surface area contributed by atoms with Crippen LogP contribution < -0.4 is 10.6 Å². The van der Waals surface area contributed by atoms with Crippen LogP contribution in [0, 0.1) is 0 Å². The standard InChI is InChI=1S/C20H19ClN4O3/c21-15-7-5-14(6-8-15)20-24-18(25-28-20)13-3-1-12(2-4-13)11-23-19(27)17-16(26)9-10-22-17/h1-8,16-17,22,26H,9-11H2,(H,23,27)/t16-,17-/m0/s1. The highest BCUT2D eigenvalue weighted by molar-refractivity contribution is 6.30. The zero-order valence-electron chi connectivity index (χ0n) is 14.9. The SMILES string of the molecule is O=C(NCc1ccc(-c2noc(-c3ccc(Cl)cc3)n2)cc1)[C@H]1NCC[C@@H]1O. The van der Waals surface area contributed by atoms with Crippen LogP contribution in [0.4, 0.5) is 0 Å². The maximum absolute atomic E-state index is 12.1. The van der Waals surface area contributed by atoms with E-state index in [4.69, 9.17) is 16.1 Å². The highest BCUT2D eigenvalue weighted by Crippen LogP contribution is 2.23. The van der Waals surface area contributed by atoms with E-state index in [2.05, 4.69) is 20.8 Å². The van der Waals surface area contributed by atoms with Gasteiger partial charge >= 0.3 is 0 Å². The number of halogens is 1. The number of hydrogen-bond donors (Lipinski definition) is 3. The first-order chi connectivity index (χ1) is 13.6. The summed E-state index contributed by atoms with van der Waals surface area (Å²) in [6.45, 7) is 1.03. The van der Waals surface area contributed by atoms with Gasteiger partial charge in [0.2, 0.25) is 11.7 Å². The molecule has 7 nitrogen and oxygen atoms in total. The number of nitrogens with one attached hydrogen (secondary N) is 2. The van der Waals surface area contributed by atoms with Crippen molar-refractivity contribution in [1.29, 1.82) is 0 Å². The Morgan fingerprint density at radius 1 is 1.18 bits per heavy atom. The van der Waals surface area contributed by atoms with Gasteiger partial charge in [0.15, 0.2) is 0 Å². The van der Waals surface area contributed by atoms with Crippen LogP contribution in [0.15, 0.2) is 53.1 Å². The van der Waals surface area contributed by atoms with E-state index in [-0.39, 0.29) is 5.91 Å². The van der Waals surface area contributed by atoms with Gasteiger partial charge in [0, 0.05) is 22.7 Å². The molecule has 0 aliphatic carbocycles. The van der Waals surface area contributed by atoms with Gasteiger partial charge in [-0.25, -0.2) is 0 Å². The number of rotatable bonds is 5. The van der Waals surface area contributed by atoms with Gasteiger partial charge < -0.3 is 20.3 Å². The predicted molar refractivity (Wildman–Crippen MR) is 104 cm³/mol. The molecule has 3 N–H and O–H groups in total. The average Bonchev–Trinajstić information content (AvgIpc) is 3.36. The molecule has 144 valence electrons. The van der Waals surface area contributed by atoms with Crippen molar-refractivity contribution < 1.29 is 14.4 Å². The Morgan fingerprint density at radius 3 is 2.57 bits per heavy atom. The summed E-state index contributed by atoms with van der Waals surface area (Å²) < 4.78 is 5.33. The van der Waals surface area contributed by atoms with Gasteiger partial charge in [-0.2, -0.15) is 4.98 Å². The largest absolute Gasteiger partial charge is 0.391 e. The summed E-state index contributed by atoms with van der Waals surface area (Å²) in [6, 6.07) is 14.2. The molecule has 1 aliphatic rings. The lowest BCUT2D eigenvalue weighted by Crippen LogP contribution is -2.45. The van der Waals surface area contributed by atoms with Gasteiger partial charge in [-0.3, -0.25) is 4.79 Å². The summed E-state index contributed by atoms with van der Waals surface area (Å²) in [5.41, 5.74) is 2.54. The van der Waals surface area contributed by atoms with Crippen molar-refractivity contribution in [2.45, 2.75) is 25.1 Å². The molecule has 28 heavy (non-hydrogen) atoms. The van der Waals surface area contributed by atoms with E-state index < -0.39 is 12.1 Å². The predicted octanol–water partition coefficient (Wildman–Crippen LogP) is 2.40. The molecule has 0 bridgehead atoms. The fourth-order valence-corrected chi connectivity index (χ4v) is 3.20. The third-order valence-electron chi connectivity index (χ3n) is 4.67. The van der Waals surface area contributed by atoms with Crippen LogP contribution in [-0.2, 0) is 11.3 Å².